The van der Waals surface area contributed by atoms with Crippen LogP contribution in [0.2, 0.25) is 0 Å². The van der Waals surface area contributed by atoms with E-state index >= 15 is 0 Å². The van der Waals surface area contributed by atoms with Crippen LogP contribution < -0.4 is 5.32 Å². The molecule has 2 aromatic carbocycles. The van der Waals surface area contributed by atoms with Gasteiger partial charge in [0, 0.05) is 31.3 Å². The van der Waals surface area contributed by atoms with E-state index in [0.717, 1.165) is 40.2 Å². The Labute approximate surface area is 146 Å². The smallest absolute Gasteiger partial charge is 0.170 e. The number of imidazole rings is 1. The van der Waals surface area contributed by atoms with E-state index in [1.165, 1.54) is 5.56 Å². The van der Waals surface area contributed by atoms with Crippen molar-refractivity contribution in [1.82, 2.24) is 20.0 Å². The van der Waals surface area contributed by atoms with Crippen LogP contribution in [0, 0.1) is 6.92 Å². The first-order valence-corrected chi connectivity index (χ1v) is 8.33. The first kappa shape index (κ1) is 15.6. The van der Waals surface area contributed by atoms with Crippen molar-refractivity contribution in [3.05, 3.63) is 71.7 Å². The summed E-state index contributed by atoms with van der Waals surface area (Å²) in [6.45, 7) is 3.48. The number of nitrogens with one attached hydrogen (secondary N) is 1. The topological polar surface area (TPSA) is 55.9 Å². The lowest BCUT2D eigenvalue weighted by atomic mass is 10.1. The van der Waals surface area contributed by atoms with Crippen LogP contribution in [0.4, 0.5) is 0 Å². The number of fused-ring (bicyclic) bond motifs is 1. The van der Waals surface area contributed by atoms with Gasteiger partial charge in [-0.3, -0.25) is 0 Å². The Morgan fingerprint density at radius 3 is 2.76 bits per heavy atom. The second-order valence-electron chi connectivity index (χ2n) is 6.23. The van der Waals surface area contributed by atoms with Crippen LogP contribution in [0.1, 0.15) is 16.8 Å². The van der Waals surface area contributed by atoms with Crippen LogP contribution in [0.15, 0.2) is 59.4 Å². The van der Waals surface area contributed by atoms with Crippen molar-refractivity contribution >= 4 is 11.0 Å². The first-order valence-electron chi connectivity index (χ1n) is 8.33. The van der Waals surface area contributed by atoms with Gasteiger partial charge in [0.05, 0.1) is 17.4 Å². The predicted octanol–water partition coefficient (Wildman–Crippen LogP) is 3.83. The third-order valence-corrected chi connectivity index (χ3v) is 4.47. The molecule has 0 radical (unpaired) electrons. The molecule has 0 unspecified atom stereocenters. The summed E-state index contributed by atoms with van der Waals surface area (Å²) < 4.78 is 7.57. The molecule has 0 spiro atoms. The molecule has 0 fully saturated rings. The van der Waals surface area contributed by atoms with Crippen molar-refractivity contribution in [2.75, 3.05) is 0 Å². The minimum atomic E-state index is 0.669. The summed E-state index contributed by atoms with van der Waals surface area (Å²) in [7, 11) is 2.00. The van der Waals surface area contributed by atoms with Crippen molar-refractivity contribution in [3.8, 4) is 11.3 Å². The van der Waals surface area contributed by atoms with E-state index in [2.05, 4.69) is 40.6 Å². The molecule has 126 valence electrons. The van der Waals surface area contributed by atoms with Crippen molar-refractivity contribution in [3.63, 3.8) is 0 Å². The molecule has 2 aromatic heterocycles. The van der Waals surface area contributed by atoms with E-state index in [0.29, 0.717) is 6.54 Å². The van der Waals surface area contributed by atoms with Gasteiger partial charge in [-0.15, -0.1) is 0 Å². The number of hydrogen-bond acceptors (Lipinski definition) is 4. The fourth-order valence-corrected chi connectivity index (χ4v) is 3.01. The standard InChI is InChI=1S/C20H20N4O/c1-14-18(23-25-20(14)16-6-4-3-5-7-16)12-21-11-15-8-9-19-17(10-15)22-13-24(19)2/h3-10,13,21H,11-12H2,1-2H3. The second-order valence-corrected chi connectivity index (χ2v) is 6.23. The van der Waals surface area contributed by atoms with Gasteiger partial charge in [-0.1, -0.05) is 41.6 Å². The summed E-state index contributed by atoms with van der Waals surface area (Å²) in [4.78, 5) is 4.40. The second kappa shape index (κ2) is 6.53. The lowest BCUT2D eigenvalue weighted by molar-refractivity contribution is 0.420. The maximum absolute atomic E-state index is 5.54. The molecule has 2 heterocycles. The average Bonchev–Trinajstić information content (AvgIpc) is 3.19. The summed E-state index contributed by atoms with van der Waals surface area (Å²) in [6.07, 6.45) is 1.84. The average molecular weight is 332 g/mol. The molecule has 0 atom stereocenters. The van der Waals surface area contributed by atoms with Gasteiger partial charge in [-0.25, -0.2) is 4.98 Å². The molecule has 25 heavy (non-hydrogen) atoms. The molecule has 5 heteroatoms. The highest BCUT2D eigenvalue weighted by atomic mass is 16.5. The number of rotatable bonds is 5. The zero-order valence-electron chi connectivity index (χ0n) is 14.4. The number of nitrogens with zero attached hydrogens (tertiary/aromatic N) is 3. The lowest BCUT2D eigenvalue weighted by Gasteiger charge is -2.04. The Hall–Kier alpha value is -2.92. The molecule has 0 saturated heterocycles. The van der Waals surface area contributed by atoms with Crippen LogP contribution in [0.3, 0.4) is 0 Å². The largest absolute Gasteiger partial charge is 0.356 e. The van der Waals surface area contributed by atoms with Crippen LogP contribution in [-0.4, -0.2) is 14.7 Å². The normalized spacial score (nSPS) is 11.3. The molecule has 0 bridgehead atoms. The van der Waals surface area contributed by atoms with Crippen molar-refractivity contribution < 1.29 is 4.52 Å². The van der Waals surface area contributed by atoms with Gasteiger partial charge >= 0.3 is 0 Å². The Balaban J connectivity index is 1.44. The molecule has 4 rings (SSSR count). The maximum Gasteiger partial charge on any atom is 0.170 e. The molecule has 5 nitrogen and oxygen atoms in total. The fraction of sp³-hybridized carbons (Fsp3) is 0.200. The summed E-state index contributed by atoms with van der Waals surface area (Å²) in [5.41, 5.74) is 6.45. The molecule has 4 aromatic rings. The van der Waals surface area contributed by atoms with E-state index in [1.54, 1.807) is 0 Å². The first-order chi connectivity index (χ1) is 12.2. The number of hydrogen-bond donors (Lipinski definition) is 1. The Kier molecular flexibility index (Phi) is 4.07. The Morgan fingerprint density at radius 1 is 1.08 bits per heavy atom. The van der Waals surface area contributed by atoms with E-state index in [-0.39, 0.29) is 0 Å². The third kappa shape index (κ3) is 3.06. The van der Waals surface area contributed by atoms with Crippen LogP contribution in [0.5, 0.6) is 0 Å². The minimum Gasteiger partial charge on any atom is -0.356 e. The van der Waals surface area contributed by atoms with Crippen LogP contribution in [0.25, 0.3) is 22.4 Å². The highest BCUT2D eigenvalue weighted by molar-refractivity contribution is 5.75. The summed E-state index contributed by atoms with van der Waals surface area (Å²) in [5, 5.41) is 7.66. The molecule has 0 aliphatic heterocycles. The third-order valence-electron chi connectivity index (χ3n) is 4.47. The Bertz CT molecular complexity index is 1000. The number of benzene rings is 2. The van der Waals surface area contributed by atoms with Gasteiger partial charge in [-0.05, 0) is 24.6 Å². The molecule has 0 saturated carbocycles. The number of aryl methyl sites for hydroxylation is 1. The summed E-state index contributed by atoms with van der Waals surface area (Å²) in [5.74, 6) is 0.840. The van der Waals surface area contributed by atoms with Crippen LogP contribution >= 0.6 is 0 Å². The van der Waals surface area contributed by atoms with Crippen molar-refractivity contribution in [1.29, 1.82) is 0 Å². The molecular weight excluding hydrogens is 312 g/mol. The Morgan fingerprint density at radius 2 is 1.92 bits per heavy atom. The van der Waals surface area contributed by atoms with Gasteiger partial charge in [0.15, 0.2) is 5.76 Å². The van der Waals surface area contributed by atoms with Gasteiger partial charge < -0.3 is 14.4 Å². The zero-order chi connectivity index (χ0) is 17.2. The summed E-state index contributed by atoms with van der Waals surface area (Å²) in [6, 6.07) is 16.4. The summed E-state index contributed by atoms with van der Waals surface area (Å²) >= 11 is 0. The van der Waals surface area contributed by atoms with Crippen molar-refractivity contribution in [2.45, 2.75) is 20.0 Å². The van der Waals surface area contributed by atoms with E-state index < -0.39 is 0 Å². The fourth-order valence-electron chi connectivity index (χ4n) is 3.01. The SMILES string of the molecule is Cc1c(CNCc2ccc3c(c2)ncn3C)noc1-c1ccccc1. The quantitative estimate of drug-likeness (QED) is 0.603. The van der Waals surface area contributed by atoms with E-state index in [1.807, 2.05) is 48.3 Å². The maximum atomic E-state index is 5.54. The van der Waals surface area contributed by atoms with Gasteiger partial charge in [0.2, 0.25) is 0 Å². The molecule has 1 N–H and O–H groups in total. The lowest BCUT2D eigenvalue weighted by Crippen LogP contribution is -2.13. The van der Waals surface area contributed by atoms with E-state index in [9.17, 15) is 0 Å². The highest BCUT2D eigenvalue weighted by Gasteiger charge is 2.13. The van der Waals surface area contributed by atoms with Crippen LogP contribution in [-0.2, 0) is 20.1 Å². The highest BCUT2D eigenvalue weighted by Crippen LogP contribution is 2.25. The minimum absolute atomic E-state index is 0.669. The molecular formula is C20H20N4O. The van der Waals surface area contributed by atoms with Crippen molar-refractivity contribution in [2.24, 2.45) is 7.05 Å². The van der Waals surface area contributed by atoms with Gasteiger partial charge in [0.1, 0.15) is 5.69 Å². The molecule has 0 amide bonds. The van der Waals surface area contributed by atoms with Gasteiger partial charge in [-0.2, -0.15) is 0 Å². The predicted molar refractivity (Wildman–Crippen MR) is 97.9 cm³/mol. The molecule has 0 aliphatic carbocycles. The van der Waals surface area contributed by atoms with E-state index in [4.69, 9.17) is 4.52 Å². The molecule has 0 aliphatic rings. The number of aromatic nitrogens is 3. The van der Waals surface area contributed by atoms with Gasteiger partial charge in [0.25, 0.3) is 0 Å². The zero-order valence-corrected chi connectivity index (χ0v) is 14.4. The monoisotopic (exact) mass is 332 g/mol.